The van der Waals surface area contributed by atoms with Crippen LogP contribution in [0.4, 0.5) is 17.6 Å². The highest BCUT2D eigenvalue weighted by atomic mass is 35.5. The van der Waals surface area contributed by atoms with Gasteiger partial charge in [-0.15, -0.1) is 12.4 Å². The fourth-order valence-corrected chi connectivity index (χ4v) is 1.71. The van der Waals surface area contributed by atoms with E-state index in [1.807, 2.05) is 0 Å². The molecule has 1 heterocycles. The summed E-state index contributed by atoms with van der Waals surface area (Å²) in [6.45, 7) is -0.250. The van der Waals surface area contributed by atoms with E-state index in [9.17, 15) is 17.6 Å². The van der Waals surface area contributed by atoms with Gasteiger partial charge in [-0.05, 0) is 23.8 Å². The van der Waals surface area contributed by atoms with E-state index in [2.05, 4.69) is 10.4 Å². The highest BCUT2D eigenvalue weighted by molar-refractivity contribution is 5.85. The molecule has 0 bridgehead atoms. The first kappa shape index (κ1) is 17.5. The Morgan fingerprint density at radius 2 is 1.71 bits per heavy atom. The summed E-state index contributed by atoms with van der Waals surface area (Å²) in [6, 6.07) is 7.53. The lowest BCUT2D eigenvalue weighted by atomic mass is 10.2. The summed E-state index contributed by atoms with van der Waals surface area (Å²) < 4.78 is 50.0. The monoisotopic (exact) mass is 323 g/mol. The van der Waals surface area contributed by atoms with Crippen molar-refractivity contribution in [1.29, 1.82) is 0 Å². The van der Waals surface area contributed by atoms with E-state index in [0.29, 0.717) is 18.8 Å². The van der Waals surface area contributed by atoms with Crippen molar-refractivity contribution in [2.75, 3.05) is 0 Å². The van der Waals surface area contributed by atoms with Crippen LogP contribution in [0.5, 0.6) is 0 Å². The third-order valence-corrected chi connectivity index (χ3v) is 2.59. The Kier molecular flexibility index (Phi) is 6.17. The number of aromatic nitrogens is 2. The summed E-state index contributed by atoms with van der Waals surface area (Å²) in [7, 11) is 0. The second kappa shape index (κ2) is 7.42. The Balaban J connectivity index is 0.00000220. The topological polar surface area (TPSA) is 29.9 Å². The molecule has 0 fully saturated rings. The molecule has 0 aliphatic carbocycles. The smallest absolute Gasteiger partial charge is 0.307 e. The van der Waals surface area contributed by atoms with E-state index in [1.165, 1.54) is 24.4 Å². The number of hydrogen-bond donors (Lipinski definition) is 1. The van der Waals surface area contributed by atoms with Gasteiger partial charge in [-0.25, -0.2) is 4.39 Å². The normalized spacial score (nSPS) is 11.2. The average molecular weight is 324 g/mol. The maximum Gasteiger partial charge on any atom is 0.408 e. The number of benzene rings is 1. The van der Waals surface area contributed by atoms with E-state index >= 15 is 0 Å². The van der Waals surface area contributed by atoms with Gasteiger partial charge in [0, 0.05) is 19.3 Å². The molecule has 0 atom stereocenters. The molecule has 0 unspecified atom stereocenters. The molecule has 1 aromatic carbocycles. The van der Waals surface area contributed by atoms with Gasteiger partial charge in [0.25, 0.3) is 0 Å². The van der Waals surface area contributed by atoms with Gasteiger partial charge in [-0.1, -0.05) is 12.1 Å². The number of alkyl halides is 3. The first-order valence-corrected chi connectivity index (χ1v) is 5.97. The van der Waals surface area contributed by atoms with Crippen molar-refractivity contribution in [3.63, 3.8) is 0 Å². The van der Waals surface area contributed by atoms with Gasteiger partial charge in [-0.3, -0.25) is 4.68 Å². The van der Waals surface area contributed by atoms with Crippen LogP contribution >= 0.6 is 12.4 Å². The molecule has 0 spiro atoms. The van der Waals surface area contributed by atoms with Gasteiger partial charge in [0.1, 0.15) is 12.4 Å². The molecule has 0 radical (unpaired) electrons. The van der Waals surface area contributed by atoms with Crippen LogP contribution < -0.4 is 5.32 Å². The SMILES string of the molecule is Cl.Fc1ccc(CNCc2ccn(CC(F)(F)F)n2)cc1. The van der Waals surface area contributed by atoms with Crippen molar-refractivity contribution in [3.8, 4) is 0 Å². The fourth-order valence-electron chi connectivity index (χ4n) is 1.71. The van der Waals surface area contributed by atoms with Gasteiger partial charge in [0.05, 0.1) is 5.69 Å². The van der Waals surface area contributed by atoms with Gasteiger partial charge in [0.2, 0.25) is 0 Å². The highest BCUT2D eigenvalue weighted by Crippen LogP contribution is 2.16. The lowest BCUT2D eigenvalue weighted by Gasteiger charge is -2.06. The number of rotatable bonds is 5. The number of nitrogens with one attached hydrogen (secondary N) is 1. The quantitative estimate of drug-likeness (QED) is 0.856. The predicted molar refractivity (Wildman–Crippen MR) is 72.5 cm³/mol. The summed E-state index contributed by atoms with van der Waals surface area (Å²) in [4.78, 5) is 0. The third-order valence-electron chi connectivity index (χ3n) is 2.59. The first-order chi connectivity index (χ1) is 9.42. The largest absolute Gasteiger partial charge is 0.408 e. The maximum atomic E-state index is 12.7. The van der Waals surface area contributed by atoms with Gasteiger partial charge >= 0.3 is 6.18 Å². The summed E-state index contributed by atoms with van der Waals surface area (Å²) in [5, 5.41) is 6.85. The van der Waals surface area contributed by atoms with E-state index in [-0.39, 0.29) is 18.2 Å². The van der Waals surface area contributed by atoms with E-state index < -0.39 is 12.7 Å². The summed E-state index contributed by atoms with van der Waals surface area (Å²) in [6.07, 6.45) is -2.98. The molecule has 1 N–H and O–H groups in total. The molecule has 0 aliphatic rings. The zero-order chi connectivity index (χ0) is 14.6. The molecule has 1 aromatic heterocycles. The Morgan fingerprint density at radius 3 is 2.33 bits per heavy atom. The van der Waals surface area contributed by atoms with Gasteiger partial charge in [-0.2, -0.15) is 18.3 Å². The molecule has 21 heavy (non-hydrogen) atoms. The van der Waals surface area contributed by atoms with Crippen LogP contribution in [0.2, 0.25) is 0 Å². The van der Waals surface area contributed by atoms with E-state index in [0.717, 1.165) is 10.2 Å². The molecule has 116 valence electrons. The highest BCUT2D eigenvalue weighted by Gasteiger charge is 2.28. The number of halogens is 5. The predicted octanol–water partition coefficient (Wildman–Crippen LogP) is 3.30. The summed E-state index contributed by atoms with van der Waals surface area (Å²) in [5.41, 5.74) is 1.41. The zero-order valence-electron chi connectivity index (χ0n) is 10.9. The summed E-state index contributed by atoms with van der Waals surface area (Å²) >= 11 is 0. The van der Waals surface area contributed by atoms with Crippen molar-refractivity contribution < 1.29 is 17.6 Å². The van der Waals surface area contributed by atoms with E-state index in [1.54, 1.807) is 12.1 Å². The maximum absolute atomic E-state index is 12.7. The van der Waals surface area contributed by atoms with Gasteiger partial charge < -0.3 is 5.32 Å². The van der Waals surface area contributed by atoms with Crippen LogP contribution in [0.25, 0.3) is 0 Å². The number of nitrogens with zero attached hydrogens (tertiary/aromatic N) is 2. The second-order valence-corrected chi connectivity index (χ2v) is 4.35. The van der Waals surface area contributed by atoms with Crippen molar-refractivity contribution in [2.45, 2.75) is 25.8 Å². The molecular formula is C13H14ClF4N3. The third kappa shape index (κ3) is 6.14. The van der Waals surface area contributed by atoms with Crippen LogP contribution in [-0.4, -0.2) is 16.0 Å². The van der Waals surface area contributed by atoms with Crippen molar-refractivity contribution in [3.05, 3.63) is 53.6 Å². The minimum atomic E-state index is -4.27. The van der Waals surface area contributed by atoms with Crippen molar-refractivity contribution >= 4 is 12.4 Å². The molecular weight excluding hydrogens is 310 g/mol. The Labute approximate surface area is 125 Å². The zero-order valence-corrected chi connectivity index (χ0v) is 11.7. The van der Waals surface area contributed by atoms with Crippen LogP contribution in [0, 0.1) is 5.82 Å². The Bertz CT molecular complexity index is 551. The van der Waals surface area contributed by atoms with Crippen LogP contribution in [-0.2, 0) is 19.6 Å². The molecule has 3 nitrogen and oxygen atoms in total. The molecule has 8 heteroatoms. The van der Waals surface area contributed by atoms with E-state index in [4.69, 9.17) is 0 Å². The van der Waals surface area contributed by atoms with Crippen LogP contribution in [0.3, 0.4) is 0 Å². The molecule has 0 saturated heterocycles. The molecule has 2 rings (SSSR count). The van der Waals surface area contributed by atoms with Crippen molar-refractivity contribution in [2.24, 2.45) is 0 Å². The summed E-state index contributed by atoms with van der Waals surface area (Å²) in [5.74, 6) is -0.306. The standard InChI is InChI=1S/C13H13F4N3.ClH/c14-11-3-1-10(2-4-11)7-18-8-12-5-6-20(19-12)9-13(15,16)17;/h1-6,18H,7-9H2;1H. The minimum Gasteiger partial charge on any atom is -0.307 e. The molecule has 0 aliphatic heterocycles. The molecule has 0 amide bonds. The Hall–Kier alpha value is -1.60. The second-order valence-electron chi connectivity index (χ2n) is 4.35. The fraction of sp³-hybridized carbons (Fsp3) is 0.308. The first-order valence-electron chi connectivity index (χ1n) is 5.97. The molecule has 0 saturated carbocycles. The lowest BCUT2D eigenvalue weighted by molar-refractivity contribution is -0.142. The number of hydrogen-bond acceptors (Lipinski definition) is 2. The Morgan fingerprint density at radius 1 is 1.05 bits per heavy atom. The van der Waals surface area contributed by atoms with Crippen LogP contribution in [0.1, 0.15) is 11.3 Å². The van der Waals surface area contributed by atoms with Crippen LogP contribution in [0.15, 0.2) is 36.5 Å². The van der Waals surface area contributed by atoms with Gasteiger partial charge in [0.15, 0.2) is 0 Å². The lowest BCUT2D eigenvalue weighted by Crippen LogP contribution is -2.19. The van der Waals surface area contributed by atoms with Crippen molar-refractivity contribution in [1.82, 2.24) is 15.1 Å². The average Bonchev–Trinajstić information content (AvgIpc) is 2.77. The molecule has 2 aromatic rings. The minimum absolute atomic E-state index is 0.